The zero-order chi connectivity index (χ0) is 7.28. The Morgan fingerprint density at radius 1 is 1.67 bits per heavy atom. The van der Waals surface area contributed by atoms with E-state index in [4.69, 9.17) is 5.73 Å². The average molecular weight is 126 g/mol. The van der Waals surface area contributed by atoms with Crippen molar-refractivity contribution in [2.45, 2.75) is 6.92 Å². The van der Waals surface area contributed by atoms with Crippen LogP contribution in [0.2, 0.25) is 0 Å². The lowest BCUT2D eigenvalue weighted by Crippen LogP contribution is -2.21. The molecule has 0 unspecified atom stereocenters. The van der Waals surface area contributed by atoms with Crippen molar-refractivity contribution in [2.75, 3.05) is 7.05 Å². The summed E-state index contributed by atoms with van der Waals surface area (Å²) in [5, 5.41) is 0. The van der Waals surface area contributed by atoms with Crippen molar-refractivity contribution in [2.24, 2.45) is 10.7 Å². The maximum atomic E-state index is 10.4. The summed E-state index contributed by atoms with van der Waals surface area (Å²) >= 11 is 0. The van der Waals surface area contributed by atoms with Crippen LogP contribution in [0, 0.1) is 0 Å². The highest BCUT2D eigenvalue weighted by Crippen LogP contribution is 1.78. The molecular weight excluding hydrogens is 116 g/mol. The van der Waals surface area contributed by atoms with E-state index in [0.29, 0.717) is 5.71 Å². The van der Waals surface area contributed by atoms with E-state index in [1.165, 1.54) is 7.05 Å². The average Bonchev–Trinajstić information content (AvgIpc) is 1.82. The van der Waals surface area contributed by atoms with E-state index in [0.717, 1.165) is 0 Å². The van der Waals surface area contributed by atoms with Crippen LogP contribution in [0.4, 0.5) is 0 Å². The van der Waals surface area contributed by atoms with Crippen LogP contribution in [-0.2, 0) is 4.79 Å². The highest BCUT2D eigenvalue weighted by atomic mass is 16.1. The van der Waals surface area contributed by atoms with E-state index in [2.05, 4.69) is 4.99 Å². The Balaban J connectivity index is 4.19. The quantitative estimate of drug-likeness (QED) is 0.525. The highest BCUT2D eigenvalue weighted by molar-refractivity contribution is 6.42. The number of rotatable bonds is 2. The first-order valence-corrected chi connectivity index (χ1v) is 2.61. The zero-order valence-electron chi connectivity index (χ0n) is 5.59. The van der Waals surface area contributed by atoms with Crippen LogP contribution in [0.25, 0.3) is 0 Å². The third-order valence-corrected chi connectivity index (χ3v) is 0.818. The van der Waals surface area contributed by atoms with Crippen LogP contribution in [0.1, 0.15) is 6.92 Å². The Hall–Kier alpha value is -1.12. The lowest BCUT2D eigenvalue weighted by Gasteiger charge is -1.88. The molecule has 0 atom stereocenters. The van der Waals surface area contributed by atoms with Crippen molar-refractivity contribution in [1.29, 1.82) is 0 Å². The number of amides is 1. The van der Waals surface area contributed by atoms with E-state index in [1.54, 1.807) is 19.1 Å². The van der Waals surface area contributed by atoms with Crippen molar-refractivity contribution in [3.05, 3.63) is 12.2 Å². The maximum absolute atomic E-state index is 10.4. The Bertz CT molecular complexity index is 158. The van der Waals surface area contributed by atoms with E-state index in [9.17, 15) is 4.79 Å². The van der Waals surface area contributed by atoms with Gasteiger partial charge in [-0.25, -0.2) is 0 Å². The van der Waals surface area contributed by atoms with E-state index >= 15 is 0 Å². The van der Waals surface area contributed by atoms with Gasteiger partial charge < -0.3 is 5.73 Å². The number of primary amides is 1. The van der Waals surface area contributed by atoms with Crippen LogP contribution in [-0.4, -0.2) is 18.7 Å². The lowest BCUT2D eigenvalue weighted by atomic mass is 10.3. The van der Waals surface area contributed by atoms with Crippen molar-refractivity contribution in [3.8, 4) is 0 Å². The number of carbonyl (C=O) groups excluding carboxylic acids is 1. The summed E-state index contributed by atoms with van der Waals surface area (Å²) in [5.74, 6) is -0.490. The third kappa shape index (κ3) is 2.64. The topological polar surface area (TPSA) is 55.4 Å². The van der Waals surface area contributed by atoms with E-state index in [1.807, 2.05) is 0 Å². The van der Waals surface area contributed by atoms with Crippen LogP contribution < -0.4 is 5.73 Å². The third-order valence-electron chi connectivity index (χ3n) is 0.818. The molecule has 50 valence electrons. The molecule has 3 nitrogen and oxygen atoms in total. The van der Waals surface area contributed by atoms with E-state index < -0.39 is 5.91 Å². The fraction of sp³-hybridized carbons (Fsp3) is 0.333. The summed E-state index contributed by atoms with van der Waals surface area (Å²) in [5.41, 5.74) is 5.22. The first-order chi connectivity index (χ1) is 4.22. The molecule has 0 aliphatic carbocycles. The molecule has 0 heterocycles. The van der Waals surface area contributed by atoms with Gasteiger partial charge in [0.1, 0.15) is 5.71 Å². The number of nitrogens with zero attached hydrogens (tertiary/aromatic N) is 1. The zero-order valence-corrected chi connectivity index (χ0v) is 5.59. The first kappa shape index (κ1) is 7.88. The molecule has 0 aromatic rings. The molecule has 0 rings (SSSR count). The van der Waals surface area contributed by atoms with Gasteiger partial charge in [-0.1, -0.05) is 6.08 Å². The second-order valence-electron chi connectivity index (χ2n) is 1.47. The molecule has 0 aliphatic rings. The van der Waals surface area contributed by atoms with Gasteiger partial charge in [0.2, 0.25) is 0 Å². The molecule has 1 amide bonds. The van der Waals surface area contributed by atoms with Crippen molar-refractivity contribution in [3.63, 3.8) is 0 Å². The van der Waals surface area contributed by atoms with E-state index in [-0.39, 0.29) is 0 Å². The minimum atomic E-state index is -0.490. The summed E-state index contributed by atoms with van der Waals surface area (Å²) in [6.07, 6.45) is 3.29. The SMILES string of the molecule is C/C=C\C(=N/C)C(N)=O. The molecule has 0 fully saturated rings. The van der Waals surface area contributed by atoms with Crippen molar-refractivity contribution in [1.82, 2.24) is 0 Å². The van der Waals surface area contributed by atoms with Gasteiger partial charge in [-0.15, -0.1) is 0 Å². The lowest BCUT2D eigenvalue weighted by molar-refractivity contribution is -0.111. The van der Waals surface area contributed by atoms with Crippen molar-refractivity contribution >= 4 is 11.6 Å². The molecule has 0 bridgehead atoms. The van der Waals surface area contributed by atoms with Crippen LogP contribution in [0.3, 0.4) is 0 Å². The normalized spacial score (nSPS) is 12.4. The highest BCUT2D eigenvalue weighted by Gasteiger charge is 1.97. The minimum Gasteiger partial charge on any atom is -0.364 e. The standard InChI is InChI=1S/C6H10N2O/c1-3-4-5(8-2)6(7)9/h3-4H,1-2H3,(H2,7,9)/b4-3-,8-5+. The number of allylic oxidation sites excluding steroid dienone is 1. The summed E-state index contributed by atoms with van der Waals surface area (Å²) in [6, 6.07) is 0. The Morgan fingerprint density at radius 3 is 2.33 bits per heavy atom. The molecule has 0 saturated heterocycles. The predicted molar refractivity (Wildman–Crippen MR) is 37.4 cm³/mol. The summed E-state index contributed by atoms with van der Waals surface area (Å²) in [6.45, 7) is 1.80. The molecule has 0 aromatic heterocycles. The minimum absolute atomic E-state index is 0.303. The molecule has 0 aliphatic heterocycles. The van der Waals surface area contributed by atoms with Crippen molar-refractivity contribution < 1.29 is 4.79 Å². The molecule has 0 aromatic carbocycles. The molecule has 0 saturated carbocycles. The fourth-order valence-electron chi connectivity index (χ4n) is 0.425. The molecule has 0 spiro atoms. The maximum Gasteiger partial charge on any atom is 0.266 e. The van der Waals surface area contributed by atoms with Gasteiger partial charge in [0.15, 0.2) is 0 Å². The van der Waals surface area contributed by atoms with Crippen LogP contribution in [0.5, 0.6) is 0 Å². The van der Waals surface area contributed by atoms with Gasteiger partial charge in [-0.05, 0) is 13.0 Å². The molecule has 0 radical (unpaired) electrons. The van der Waals surface area contributed by atoms with Crippen LogP contribution >= 0.6 is 0 Å². The van der Waals surface area contributed by atoms with Gasteiger partial charge >= 0.3 is 0 Å². The Kier molecular flexibility index (Phi) is 3.35. The summed E-state index contributed by atoms with van der Waals surface area (Å²) in [4.78, 5) is 14.0. The number of hydrogen-bond acceptors (Lipinski definition) is 2. The summed E-state index contributed by atoms with van der Waals surface area (Å²) in [7, 11) is 1.53. The molecule has 9 heavy (non-hydrogen) atoms. The fourth-order valence-corrected chi connectivity index (χ4v) is 0.425. The molecule has 2 N–H and O–H groups in total. The second kappa shape index (κ2) is 3.83. The van der Waals surface area contributed by atoms with Gasteiger partial charge in [-0.3, -0.25) is 9.79 Å². The number of aliphatic imine (C=N–C) groups is 1. The second-order valence-corrected chi connectivity index (χ2v) is 1.47. The van der Waals surface area contributed by atoms with Gasteiger partial charge in [-0.2, -0.15) is 0 Å². The first-order valence-electron chi connectivity index (χ1n) is 2.61. The number of nitrogens with two attached hydrogens (primary N) is 1. The van der Waals surface area contributed by atoms with Gasteiger partial charge in [0.25, 0.3) is 5.91 Å². The van der Waals surface area contributed by atoms with Gasteiger partial charge in [0, 0.05) is 7.05 Å². The smallest absolute Gasteiger partial charge is 0.266 e. The summed E-state index contributed by atoms with van der Waals surface area (Å²) < 4.78 is 0. The Labute approximate surface area is 54.3 Å². The number of carbonyl (C=O) groups is 1. The monoisotopic (exact) mass is 126 g/mol. The largest absolute Gasteiger partial charge is 0.364 e. The van der Waals surface area contributed by atoms with Crippen LogP contribution in [0.15, 0.2) is 17.1 Å². The molecule has 3 heteroatoms. The Morgan fingerprint density at radius 2 is 2.22 bits per heavy atom. The van der Waals surface area contributed by atoms with Gasteiger partial charge in [0.05, 0.1) is 0 Å². The molecular formula is C6H10N2O. The number of hydrogen-bond donors (Lipinski definition) is 1. The predicted octanol–water partition coefficient (Wildman–Crippen LogP) is 0.119.